The molecule has 5 N–H and O–H groups in total. The van der Waals surface area contributed by atoms with Crippen LogP contribution in [0.25, 0.3) is 0 Å². The Morgan fingerprint density at radius 1 is 1.16 bits per heavy atom. The van der Waals surface area contributed by atoms with Gasteiger partial charge < -0.3 is 26.0 Å². The number of nitrogens with two attached hydrogens (primary N) is 1. The number of nitrogens with zero attached hydrogens (tertiary/aromatic N) is 1. The van der Waals surface area contributed by atoms with E-state index in [0.29, 0.717) is 24.3 Å². The first-order valence-electron chi connectivity index (χ1n) is 13.3. The van der Waals surface area contributed by atoms with Gasteiger partial charge in [-0.15, -0.1) is 0 Å². The van der Waals surface area contributed by atoms with E-state index in [1.807, 2.05) is 25.1 Å². The van der Waals surface area contributed by atoms with Crippen LogP contribution >= 0.6 is 0 Å². The first-order chi connectivity index (χ1) is 17.5. The van der Waals surface area contributed by atoms with Gasteiger partial charge in [0.25, 0.3) is 5.91 Å². The quantitative estimate of drug-likeness (QED) is 0.447. The third-order valence-corrected chi connectivity index (χ3v) is 9.26. The maximum absolute atomic E-state index is 14.1. The van der Waals surface area contributed by atoms with E-state index in [2.05, 4.69) is 0 Å². The second-order valence-electron chi connectivity index (χ2n) is 11.5. The Morgan fingerprint density at radius 2 is 1.84 bits per heavy atom. The summed E-state index contributed by atoms with van der Waals surface area (Å²) in [5.74, 6) is -3.19. The SMILES string of the molecule is CC1=C2C(=O)c3c(O)c(CCC4CCCC4)cc(N(C)C)c3C[C@H]2C[C@H]2CC(=O)C(C(N)=O)=C(O)[C@@]12O. The number of fused-ring (bicyclic) bond motifs is 3. The van der Waals surface area contributed by atoms with Crippen molar-refractivity contribution in [3.05, 3.63) is 45.2 Å². The average molecular weight is 509 g/mol. The number of aliphatic hydroxyl groups excluding tert-OH is 1. The Bertz CT molecular complexity index is 1270. The Labute approximate surface area is 216 Å². The van der Waals surface area contributed by atoms with E-state index >= 15 is 0 Å². The van der Waals surface area contributed by atoms with Crippen molar-refractivity contribution >= 4 is 23.2 Å². The van der Waals surface area contributed by atoms with Crippen molar-refractivity contribution in [3.63, 3.8) is 0 Å². The third-order valence-electron chi connectivity index (χ3n) is 9.26. The minimum Gasteiger partial charge on any atom is -0.508 e. The lowest BCUT2D eigenvalue weighted by molar-refractivity contribution is -0.126. The van der Waals surface area contributed by atoms with Gasteiger partial charge in [0.15, 0.2) is 11.6 Å². The number of benzene rings is 1. The molecule has 0 radical (unpaired) electrons. The number of amides is 1. The van der Waals surface area contributed by atoms with E-state index in [1.165, 1.54) is 25.7 Å². The van der Waals surface area contributed by atoms with Crippen LogP contribution in [0, 0.1) is 17.8 Å². The largest absolute Gasteiger partial charge is 0.508 e. The number of aliphatic hydroxyl groups is 2. The molecule has 0 aliphatic heterocycles. The number of allylic oxidation sites excluding steroid dienone is 1. The van der Waals surface area contributed by atoms with E-state index in [4.69, 9.17) is 5.73 Å². The second kappa shape index (κ2) is 9.01. The molecule has 5 rings (SSSR count). The van der Waals surface area contributed by atoms with Crippen LogP contribution in [0.5, 0.6) is 5.75 Å². The summed E-state index contributed by atoms with van der Waals surface area (Å²) in [6.07, 6.45) is 7.13. The van der Waals surface area contributed by atoms with Crippen LogP contribution < -0.4 is 10.6 Å². The fourth-order valence-electron chi connectivity index (χ4n) is 7.33. The molecule has 198 valence electrons. The fraction of sp³-hybridized carbons (Fsp3) is 0.552. The number of primary amides is 1. The number of phenols is 1. The molecule has 1 fully saturated rings. The molecule has 37 heavy (non-hydrogen) atoms. The van der Waals surface area contributed by atoms with Crippen molar-refractivity contribution in [2.45, 2.75) is 70.3 Å². The second-order valence-corrected chi connectivity index (χ2v) is 11.5. The molecule has 8 heteroatoms. The van der Waals surface area contributed by atoms with Crippen LogP contribution in [0.1, 0.15) is 73.4 Å². The zero-order chi connectivity index (χ0) is 26.8. The molecule has 1 amide bonds. The van der Waals surface area contributed by atoms with Crippen LogP contribution in [0.2, 0.25) is 0 Å². The summed E-state index contributed by atoms with van der Waals surface area (Å²) in [6, 6.07) is 2.00. The van der Waals surface area contributed by atoms with Crippen molar-refractivity contribution in [3.8, 4) is 5.75 Å². The van der Waals surface area contributed by atoms with Gasteiger partial charge in [-0.2, -0.15) is 0 Å². The zero-order valence-corrected chi connectivity index (χ0v) is 21.8. The van der Waals surface area contributed by atoms with Gasteiger partial charge in [0.1, 0.15) is 22.7 Å². The molecule has 4 aliphatic rings. The molecule has 1 saturated carbocycles. The lowest BCUT2D eigenvalue weighted by atomic mass is 9.58. The van der Waals surface area contributed by atoms with E-state index < -0.39 is 34.5 Å². The number of aryl methyl sites for hydroxylation is 1. The number of carbonyl (C=O) groups excluding carboxylic acids is 3. The average Bonchev–Trinajstić information content (AvgIpc) is 3.34. The van der Waals surface area contributed by atoms with E-state index in [-0.39, 0.29) is 41.4 Å². The summed E-state index contributed by atoms with van der Waals surface area (Å²) < 4.78 is 0. The Balaban J connectivity index is 1.63. The summed E-state index contributed by atoms with van der Waals surface area (Å²) in [4.78, 5) is 40.5. The molecule has 0 saturated heterocycles. The normalized spacial score (nSPS) is 27.8. The maximum Gasteiger partial charge on any atom is 0.255 e. The van der Waals surface area contributed by atoms with Crippen LogP contribution in [-0.2, 0) is 22.4 Å². The minimum atomic E-state index is -2.03. The first kappa shape index (κ1) is 25.5. The van der Waals surface area contributed by atoms with Crippen LogP contribution in [0.3, 0.4) is 0 Å². The smallest absolute Gasteiger partial charge is 0.255 e. The number of rotatable bonds is 5. The number of hydrogen-bond donors (Lipinski definition) is 4. The summed E-state index contributed by atoms with van der Waals surface area (Å²) in [6.45, 7) is 1.57. The highest BCUT2D eigenvalue weighted by Crippen LogP contribution is 2.54. The molecule has 0 spiro atoms. The standard InChI is InChI=1S/C29H36N2O6/c1-14-22-17(10-18-13-21(32)24(28(30)36)27(35)29(14,18)37)11-19-20(31(2)3)12-16(25(33)23(19)26(22)34)9-8-15-6-4-5-7-15/h12,15,17-18,33,35,37H,4-11,13H2,1-3H3,(H2,30,36)/t17-,18+,29-/m1/s1. The Morgan fingerprint density at radius 3 is 2.46 bits per heavy atom. The Hall–Kier alpha value is -3.13. The van der Waals surface area contributed by atoms with E-state index in [9.17, 15) is 29.7 Å². The predicted octanol–water partition coefficient (Wildman–Crippen LogP) is 3.27. The van der Waals surface area contributed by atoms with Crippen molar-refractivity contribution in [2.75, 3.05) is 19.0 Å². The van der Waals surface area contributed by atoms with Gasteiger partial charge in [-0.1, -0.05) is 25.7 Å². The molecule has 3 atom stereocenters. The zero-order valence-electron chi connectivity index (χ0n) is 21.8. The highest BCUT2D eigenvalue weighted by molar-refractivity contribution is 6.20. The molecule has 1 aromatic carbocycles. The minimum absolute atomic E-state index is 0.00660. The monoisotopic (exact) mass is 508 g/mol. The molecular weight excluding hydrogens is 472 g/mol. The topological polar surface area (TPSA) is 141 Å². The summed E-state index contributed by atoms with van der Waals surface area (Å²) >= 11 is 0. The summed E-state index contributed by atoms with van der Waals surface area (Å²) in [5.41, 5.74) is 5.92. The molecule has 0 heterocycles. The molecule has 0 unspecified atom stereocenters. The van der Waals surface area contributed by atoms with Gasteiger partial charge in [-0.25, -0.2) is 0 Å². The van der Waals surface area contributed by atoms with Crippen molar-refractivity contribution in [1.29, 1.82) is 0 Å². The first-order valence-corrected chi connectivity index (χ1v) is 13.3. The van der Waals surface area contributed by atoms with Crippen LogP contribution in [-0.4, -0.2) is 52.5 Å². The maximum atomic E-state index is 14.1. The van der Waals surface area contributed by atoms with Crippen LogP contribution in [0.15, 0.2) is 28.5 Å². The number of hydrogen-bond acceptors (Lipinski definition) is 7. The molecule has 0 bridgehead atoms. The highest BCUT2D eigenvalue weighted by atomic mass is 16.3. The van der Waals surface area contributed by atoms with Gasteiger partial charge in [0.05, 0.1) is 5.56 Å². The fourth-order valence-corrected chi connectivity index (χ4v) is 7.33. The van der Waals surface area contributed by atoms with E-state index in [1.54, 1.807) is 6.92 Å². The van der Waals surface area contributed by atoms with E-state index in [0.717, 1.165) is 23.2 Å². The number of ketones is 2. The van der Waals surface area contributed by atoms with Gasteiger partial charge >= 0.3 is 0 Å². The number of phenolic OH excluding ortho intramolecular Hbond substituents is 1. The van der Waals surface area contributed by atoms with Crippen LogP contribution in [0.4, 0.5) is 5.69 Å². The molecular formula is C29H36N2O6. The lowest BCUT2D eigenvalue weighted by Crippen LogP contribution is -2.53. The van der Waals surface area contributed by atoms with Gasteiger partial charge in [-0.3, -0.25) is 14.4 Å². The van der Waals surface area contributed by atoms with Crippen molar-refractivity contribution in [2.24, 2.45) is 23.5 Å². The number of anilines is 1. The predicted molar refractivity (Wildman–Crippen MR) is 138 cm³/mol. The number of aromatic hydroxyl groups is 1. The van der Waals surface area contributed by atoms with Gasteiger partial charge in [0, 0.05) is 37.7 Å². The molecule has 1 aromatic rings. The Kier molecular flexibility index (Phi) is 6.21. The number of Topliss-reactive ketones (excluding diaryl/α,β-unsaturated/α-hetero) is 2. The third kappa shape index (κ3) is 3.79. The molecule has 0 aromatic heterocycles. The lowest BCUT2D eigenvalue weighted by Gasteiger charge is -2.48. The summed E-state index contributed by atoms with van der Waals surface area (Å²) in [7, 11) is 3.84. The van der Waals surface area contributed by atoms with Crippen molar-refractivity contribution < 1.29 is 29.7 Å². The van der Waals surface area contributed by atoms with Crippen molar-refractivity contribution in [1.82, 2.24) is 0 Å². The molecule has 4 aliphatic carbocycles. The molecule has 8 nitrogen and oxygen atoms in total. The van der Waals surface area contributed by atoms with Gasteiger partial charge in [0.2, 0.25) is 0 Å². The number of carbonyl (C=O) groups is 3. The summed E-state index contributed by atoms with van der Waals surface area (Å²) in [5, 5.41) is 34.0. The van der Waals surface area contributed by atoms with Gasteiger partial charge in [-0.05, 0) is 67.2 Å². The highest BCUT2D eigenvalue weighted by Gasteiger charge is 2.56.